The number of thiazole rings is 1. The molecule has 29 heavy (non-hydrogen) atoms. The first kappa shape index (κ1) is 21.5. The lowest BCUT2D eigenvalue weighted by Gasteiger charge is -2.07. The molecule has 0 unspecified atom stereocenters. The third-order valence-corrected chi connectivity index (χ3v) is 6.92. The van der Waals surface area contributed by atoms with Crippen LogP contribution in [-0.4, -0.2) is 25.9 Å². The molecule has 2 aromatic carbocycles. The largest absolute Gasteiger partial charge is 0.352 e. The highest BCUT2D eigenvalue weighted by molar-refractivity contribution is 7.98. The standard InChI is InChI=1S/C20H21N3O3S3/c1-14-23-17(12-27-14)13-28-18-6-4-16(5-7-18)20(24)22-11-10-15-2-8-19(9-3-15)29(21,25)26/h2-9,12H,10-11,13H2,1H3,(H,22,24)(H2,21,25,26). The number of amides is 1. The van der Waals surface area contributed by atoms with Gasteiger partial charge in [0.2, 0.25) is 10.0 Å². The first-order valence-electron chi connectivity index (χ1n) is 8.85. The minimum absolute atomic E-state index is 0.0770. The highest BCUT2D eigenvalue weighted by Crippen LogP contribution is 2.23. The zero-order chi connectivity index (χ0) is 20.9. The van der Waals surface area contributed by atoms with Crippen molar-refractivity contribution in [3.05, 3.63) is 75.7 Å². The van der Waals surface area contributed by atoms with Gasteiger partial charge in [-0.15, -0.1) is 23.1 Å². The van der Waals surface area contributed by atoms with Crippen LogP contribution < -0.4 is 10.5 Å². The van der Waals surface area contributed by atoms with E-state index in [4.69, 9.17) is 5.14 Å². The van der Waals surface area contributed by atoms with E-state index >= 15 is 0 Å². The first-order valence-corrected chi connectivity index (χ1v) is 12.3. The van der Waals surface area contributed by atoms with Gasteiger partial charge in [-0.25, -0.2) is 18.5 Å². The number of thioether (sulfide) groups is 1. The summed E-state index contributed by atoms with van der Waals surface area (Å²) in [5, 5.41) is 11.1. The van der Waals surface area contributed by atoms with E-state index in [1.807, 2.05) is 31.2 Å². The molecule has 0 bridgehead atoms. The van der Waals surface area contributed by atoms with Crippen molar-refractivity contribution in [2.24, 2.45) is 5.14 Å². The van der Waals surface area contributed by atoms with Crippen LogP contribution in [0.15, 0.2) is 63.7 Å². The van der Waals surface area contributed by atoms with Crippen LogP contribution in [0.5, 0.6) is 0 Å². The Kier molecular flexibility index (Phi) is 7.07. The van der Waals surface area contributed by atoms with Crippen LogP contribution >= 0.6 is 23.1 Å². The smallest absolute Gasteiger partial charge is 0.251 e. The molecule has 0 saturated carbocycles. The topological polar surface area (TPSA) is 102 Å². The van der Waals surface area contributed by atoms with Crippen LogP contribution in [0.25, 0.3) is 0 Å². The fraction of sp³-hybridized carbons (Fsp3) is 0.200. The monoisotopic (exact) mass is 447 g/mol. The van der Waals surface area contributed by atoms with Gasteiger partial charge in [-0.3, -0.25) is 4.79 Å². The fourth-order valence-corrected chi connectivity index (χ4v) is 4.63. The Labute approximate surface area is 178 Å². The Hall–Kier alpha value is -2.20. The van der Waals surface area contributed by atoms with Gasteiger partial charge >= 0.3 is 0 Å². The maximum atomic E-state index is 12.3. The molecule has 1 amide bonds. The molecule has 1 heterocycles. The molecule has 0 spiro atoms. The van der Waals surface area contributed by atoms with E-state index in [1.54, 1.807) is 35.2 Å². The molecule has 0 aliphatic carbocycles. The summed E-state index contributed by atoms with van der Waals surface area (Å²) in [7, 11) is -3.69. The maximum Gasteiger partial charge on any atom is 0.251 e. The number of carbonyl (C=O) groups excluding carboxylic acids is 1. The van der Waals surface area contributed by atoms with Crippen LogP contribution in [0.1, 0.15) is 26.6 Å². The minimum Gasteiger partial charge on any atom is -0.352 e. The van der Waals surface area contributed by atoms with E-state index in [2.05, 4.69) is 15.7 Å². The number of primary sulfonamides is 1. The number of hydrogen-bond donors (Lipinski definition) is 2. The van der Waals surface area contributed by atoms with Crippen LogP contribution in [-0.2, 0) is 22.2 Å². The number of sulfonamides is 1. The van der Waals surface area contributed by atoms with E-state index in [-0.39, 0.29) is 10.8 Å². The molecule has 0 radical (unpaired) electrons. The second kappa shape index (κ2) is 9.53. The van der Waals surface area contributed by atoms with Crippen LogP contribution in [0.3, 0.4) is 0 Å². The molecule has 9 heteroatoms. The van der Waals surface area contributed by atoms with Gasteiger partial charge in [-0.05, 0) is 55.3 Å². The van der Waals surface area contributed by atoms with Crippen molar-refractivity contribution in [2.75, 3.05) is 6.54 Å². The zero-order valence-corrected chi connectivity index (χ0v) is 18.2. The van der Waals surface area contributed by atoms with Gasteiger partial charge in [-0.2, -0.15) is 0 Å². The van der Waals surface area contributed by atoms with Crippen LogP contribution in [0.2, 0.25) is 0 Å². The van der Waals surface area contributed by atoms with Crippen molar-refractivity contribution < 1.29 is 13.2 Å². The summed E-state index contributed by atoms with van der Waals surface area (Å²) in [6.07, 6.45) is 0.595. The normalized spacial score (nSPS) is 11.4. The molecular weight excluding hydrogens is 426 g/mol. The lowest BCUT2D eigenvalue weighted by Crippen LogP contribution is -2.25. The van der Waals surface area contributed by atoms with Crippen molar-refractivity contribution >= 4 is 39.0 Å². The van der Waals surface area contributed by atoms with E-state index in [9.17, 15) is 13.2 Å². The van der Waals surface area contributed by atoms with E-state index < -0.39 is 10.0 Å². The lowest BCUT2D eigenvalue weighted by atomic mass is 10.1. The molecule has 0 atom stereocenters. The van der Waals surface area contributed by atoms with Gasteiger partial charge in [0.25, 0.3) is 5.91 Å². The molecule has 0 aliphatic rings. The highest BCUT2D eigenvalue weighted by Gasteiger charge is 2.08. The van der Waals surface area contributed by atoms with Crippen molar-refractivity contribution in [3.63, 3.8) is 0 Å². The van der Waals surface area contributed by atoms with E-state index in [0.29, 0.717) is 18.5 Å². The third kappa shape index (κ3) is 6.40. The average molecular weight is 448 g/mol. The summed E-state index contributed by atoms with van der Waals surface area (Å²) in [5.74, 6) is 0.665. The molecule has 152 valence electrons. The number of nitrogens with two attached hydrogens (primary N) is 1. The summed E-state index contributed by atoms with van der Waals surface area (Å²) in [4.78, 5) is 17.9. The number of aromatic nitrogens is 1. The molecule has 3 aromatic rings. The van der Waals surface area contributed by atoms with Gasteiger partial charge in [0, 0.05) is 28.1 Å². The third-order valence-electron chi connectivity index (χ3n) is 4.12. The van der Waals surface area contributed by atoms with Gasteiger partial charge in [-0.1, -0.05) is 12.1 Å². The Morgan fingerprint density at radius 2 is 1.83 bits per heavy atom. The average Bonchev–Trinajstić information content (AvgIpc) is 3.11. The lowest BCUT2D eigenvalue weighted by molar-refractivity contribution is 0.0954. The van der Waals surface area contributed by atoms with E-state index in [1.165, 1.54) is 12.1 Å². The number of nitrogens with one attached hydrogen (secondary N) is 1. The molecular formula is C20H21N3O3S3. The van der Waals surface area contributed by atoms with Crippen molar-refractivity contribution in [3.8, 4) is 0 Å². The van der Waals surface area contributed by atoms with Crippen molar-refractivity contribution in [2.45, 2.75) is 28.9 Å². The summed E-state index contributed by atoms with van der Waals surface area (Å²) in [6.45, 7) is 2.44. The van der Waals surface area contributed by atoms with Crippen LogP contribution in [0.4, 0.5) is 0 Å². The zero-order valence-electron chi connectivity index (χ0n) is 15.8. The molecule has 0 aliphatic heterocycles. The SMILES string of the molecule is Cc1nc(CSc2ccc(C(=O)NCCc3ccc(S(N)(=O)=O)cc3)cc2)cs1. The highest BCUT2D eigenvalue weighted by atomic mass is 32.2. The second-order valence-electron chi connectivity index (χ2n) is 6.37. The molecule has 3 N–H and O–H groups in total. The van der Waals surface area contributed by atoms with Gasteiger partial charge in [0.15, 0.2) is 0 Å². The summed E-state index contributed by atoms with van der Waals surface area (Å²) in [6, 6.07) is 13.8. The Morgan fingerprint density at radius 1 is 1.14 bits per heavy atom. The van der Waals surface area contributed by atoms with Crippen molar-refractivity contribution in [1.29, 1.82) is 0 Å². The Balaban J connectivity index is 1.46. The van der Waals surface area contributed by atoms with Crippen molar-refractivity contribution in [1.82, 2.24) is 10.3 Å². The summed E-state index contributed by atoms with van der Waals surface area (Å²) >= 11 is 3.33. The number of carbonyl (C=O) groups is 1. The molecule has 6 nitrogen and oxygen atoms in total. The molecule has 1 aromatic heterocycles. The first-order chi connectivity index (χ1) is 13.8. The number of rotatable bonds is 8. The summed E-state index contributed by atoms with van der Waals surface area (Å²) < 4.78 is 22.5. The minimum atomic E-state index is -3.69. The molecule has 0 fully saturated rings. The molecule has 0 saturated heterocycles. The number of nitrogens with zero attached hydrogens (tertiary/aromatic N) is 1. The number of benzene rings is 2. The predicted octanol–water partition coefficient (Wildman–Crippen LogP) is 3.36. The maximum absolute atomic E-state index is 12.3. The van der Waals surface area contributed by atoms with Gasteiger partial charge < -0.3 is 5.32 Å². The Bertz CT molecular complexity index is 1080. The van der Waals surface area contributed by atoms with Gasteiger partial charge in [0.1, 0.15) is 0 Å². The number of hydrogen-bond acceptors (Lipinski definition) is 6. The predicted molar refractivity (Wildman–Crippen MR) is 117 cm³/mol. The van der Waals surface area contributed by atoms with E-state index in [0.717, 1.165) is 26.9 Å². The van der Waals surface area contributed by atoms with Crippen LogP contribution in [0, 0.1) is 6.92 Å². The molecule has 3 rings (SSSR count). The fourth-order valence-electron chi connectivity index (χ4n) is 2.60. The second-order valence-corrected chi connectivity index (χ2v) is 10.0. The number of aryl methyl sites for hydroxylation is 1. The summed E-state index contributed by atoms with van der Waals surface area (Å²) in [5.41, 5.74) is 2.58. The Morgan fingerprint density at radius 3 is 2.41 bits per heavy atom. The quantitative estimate of drug-likeness (QED) is 0.516. The van der Waals surface area contributed by atoms with Gasteiger partial charge in [0.05, 0.1) is 15.6 Å².